The molecule has 2 aliphatic rings. The van der Waals surface area contributed by atoms with Crippen LogP contribution in [-0.4, -0.2) is 19.6 Å². The average molecular weight is 413 g/mol. The highest BCUT2D eigenvalue weighted by molar-refractivity contribution is 5.88. The van der Waals surface area contributed by atoms with Crippen LogP contribution in [0.4, 0.5) is 0 Å². The summed E-state index contributed by atoms with van der Waals surface area (Å²) in [5.41, 5.74) is 3.54. The zero-order chi connectivity index (χ0) is 21.3. The Morgan fingerprint density at radius 1 is 1.00 bits per heavy atom. The Hall–Kier alpha value is -3.11. The van der Waals surface area contributed by atoms with Crippen LogP contribution in [0.15, 0.2) is 78.9 Å². The zero-order valence-electron chi connectivity index (χ0n) is 17.9. The molecule has 1 fully saturated rings. The lowest BCUT2D eigenvalue weighted by molar-refractivity contribution is -0.137. The first-order valence-corrected chi connectivity index (χ1v) is 11.0. The van der Waals surface area contributed by atoms with Crippen LogP contribution in [0, 0.1) is 5.41 Å². The van der Waals surface area contributed by atoms with Gasteiger partial charge in [-0.15, -0.1) is 0 Å². The topological polar surface area (TPSA) is 50.4 Å². The molecule has 1 amide bonds. The molecule has 3 aromatic carbocycles. The van der Waals surface area contributed by atoms with E-state index in [0.717, 1.165) is 42.7 Å². The van der Waals surface area contributed by atoms with Crippen LogP contribution >= 0.6 is 0 Å². The van der Waals surface area contributed by atoms with Gasteiger partial charge in [-0.05, 0) is 48.6 Å². The van der Waals surface area contributed by atoms with Crippen molar-refractivity contribution >= 4 is 5.91 Å². The molecule has 0 spiro atoms. The maximum atomic E-state index is 14.0. The van der Waals surface area contributed by atoms with Gasteiger partial charge >= 0.3 is 0 Å². The number of nitrogens with one attached hydrogen (secondary N) is 2. The SMILES string of the molecule is COc1ccccc1CNC(=O)[C@@]12CCCN[C@]1(c1ccccc1)c1ccccc1C2. The van der Waals surface area contributed by atoms with Gasteiger partial charge < -0.3 is 15.4 Å². The van der Waals surface area contributed by atoms with Gasteiger partial charge in [0.15, 0.2) is 0 Å². The van der Waals surface area contributed by atoms with Crippen LogP contribution in [0.3, 0.4) is 0 Å². The third-order valence-corrected chi connectivity index (χ3v) is 7.08. The van der Waals surface area contributed by atoms with Gasteiger partial charge in [0.1, 0.15) is 5.75 Å². The van der Waals surface area contributed by atoms with Gasteiger partial charge in [-0.3, -0.25) is 4.79 Å². The number of piperidine rings is 1. The third kappa shape index (κ3) is 2.97. The first kappa shape index (κ1) is 19.8. The van der Waals surface area contributed by atoms with Crippen molar-refractivity contribution in [3.05, 3.63) is 101 Å². The number of methoxy groups -OCH3 is 1. The van der Waals surface area contributed by atoms with Crippen molar-refractivity contribution in [1.82, 2.24) is 10.6 Å². The predicted molar refractivity (Wildman–Crippen MR) is 122 cm³/mol. The van der Waals surface area contributed by atoms with Crippen LogP contribution in [0.25, 0.3) is 0 Å². The molecule has 3 aromatic rings. The average Bonchev–Trinajstić information content (AvgIpc) is 3.16. The zero-order valence-corrected chi connectivity index (χ0v) is 17.9. The van der Waals surface area contributed by atoms with Gasteiger partial charge in [0.05, 0.1) is 18.1 Å². The highest BCUT2D eigenvalue weighted by Crippen LogP contribution is 2.58. The quantitative estimate of drug-likeness (QED) is 0.661. The van der Waals surface area contributed by atoms with E-state index in [9.17, 15) is 4.79 Å². The predicted octanol–water partition coefficient (Wildman–Crippen LogP) is 4.18. The Labute approximate surface area is 183 Å². The summed E-state index contributed by atoms with van der Waals surface area (Å²) in [7, 11) is 1.67. The normalized spacial score (nSPS) is 24.2. The summed E-state index contributed by atoms with van der Waals surface area (Å²) < 4.78 is 5.48. The van der Waals surface area contributed by atoms with Gasteiger partial charge in [0, 0.05) is 12.1 Å². The second-order valence-electron chi connectivity index (χ2n) is 8.56. The molecule has 31 heavy (non-hydrogen) atoms. The van der Waals surface area contributed by atoms with Crippen LogP contribution in [0.2, 0.25) is 0 Å². The summed E-state index contributed by atoms with van der Waals surface area (Å²) in [6.45, 7) is 1.34. The molecule has 2 atom stereocenters. The molecule has 2 N–H and O–H groups in total. The molecular formula is C27H28N2O2. The fourth-order valence-corrected chi connectivity index (χ4v) is 5.74. The molecule has 4 nitrogen and oxygen atoms in total. The minimum absolute atomic E-state index is 0.102. The van der Waals surface area contributed by atoms with E-state index in [1.807, 2.05) is 30.3 Å². The molecule has 4 heteroatoms. The Bertz CT molecular complexity index is 1100. The number of fused-ring (bicyclic) bond motifs is 3. The Balaban J connectivity index is 1.57. The number of hydrogen-bond donors (Lipinski definition) is 2. The molecule has 0 aromatic heterocycles. The van der Waals surface area contributed by atoms with E-state index in [-0.39, 0.29) is 5.91 Å². The molecule has 0 saturated carbocycles. The summed E-state index contributed by atoms with van der Waals surface area (Å²) in [6.07, 6.45) is 2.56. The molecule has 1 aliphatic heterocycles. The van der Waals surface area contributed by atoms with Crippen molar-refractivity contribution in [2.24, 2.45) is 5.41 Å². The maximum absolute atomic E-state index is 14.0. The van der Waals surface area contributed by atoms with Crippen molar-refractivity contribution in [3.8, 4) is 5.75 Å². The van der Waals surface area contributed by atoms with E-state index in [0.29, 0.717) is 6.54 Å². The van der Waals surface area contributed by atoms with Crippen LogP contribution < -0.4 is 15.4 Å². The number of amides is 1. The Morgan fingerprint density at radius 3 is 2.58 bits per heavy atom. The standard InChI is InChI=1S/C27H28N2O2/c1-31-24-15-8-6-11-21(24)19-28-25(30)26-16-9-17-29-27(26,22-12-3-2-4-13-22)23-14-7-5-10-20(23)18-26/h2-8,10-15,29H,9,16-19H2,1H3,(H,28,30)/t26-,27+/m0/s1. The summed E-state index contributed by atoms with van der Waals surface area (Å²) in [5, 5.41) is 7.10. The van der Waals surface area contributed by atoms with Crippen molar-refractivity contribution in [2.45, 2.75) is 31.3 Å². The largest absolute Gasteiger partial charge is 0.496 e. The summed E-state index contributed by atoms with van der Waals surface area (Å²) in [6, 6.07) is 26.9. The van der Waals surface area contributed by atoms with E-state index in [2.05, 4.69) is 59.2 Å². The number of ether oxygens (including phenoxy) is 1. The lowest BCUT2D eigenvalue weighted by Gasteiger charge is -2.50. The molecule has 0 bridgehead atoms. The number of rotatable bonds is 5. The lowest BCUT2D eigenvalue weighted by atomic mass is 9.61. The second-order valence-corrected chi connectivity index (χ2v) is 8.56. The van der Waals surface area contributed by atoms with Gasteiger partial charge in [-0.1, -0.05) is 72.8 Å². The Morgan fingerprint density at radius 2 is 1.74 bits per heavy atom. The molecule has 5 rings (SSSR count). The van der Waals surface area contributed by atoms with Crippen molar-refractivity contribution in [1.29, 1.82) is 0 Å². The lowest BCUT2D eigenvalue weighted by Crippen LogP contribution is -2.63. The number of para-hydroxylation sites is 1. The van der Waals surface area contributed by atoms with Gasteiger partial charge in [0.2, 0.25) is 5.91 Å². The second kappa shape index (κ2) is 7.86. The van der Waals surface area contributed by atoms with Gasteiger partial charge in [0.25, 0.3) is 0 Å². The third-order valence-electron chi connectivity index (χ3n) is 7.08. The molecule has 1 aliphatic carbocycles. The fraction of sp³-hybridized carbons (Fsp3) is 0.296. The molecule has 0 unspecified atom stereocenters. The maximum Gasteiger partial charge on any atom is 0.229 e. The van der Waals surface area contributed by atoms with Crippen LogP contribution in [0.1, 0.15) is 35.1 Å². The molecule has 1 saturated heterocycles. The smallest absolute Gasteiger partial charge is 0.229 e. The Kier molecular flexibility index (Phi) is 5.03. The summed E-state index contributed by atoms with van der Waals surface area (Å²) in [4.78, 5) is 14.0. The number of carbonyl (C=O) groups is 1. The van der Waals surface area contributed by atoms with Crippen molar-refractivity contribution in [2.75, 3.05) is 13.7 Å². The fourth-order valence-electron chi connectivity index (χ4n) is 5.74. The minimum Gasteiger partial charge on any atom is -0.496 e. The van der Waals surface area contributed by atoms with Gasteiger partial charge in [-0.2, -0.15) is 0 Å². The van der Waals surface area contributed by atoms with Crippen molar-refractivity contribution < 1.29 is 9.53 Å². The van der Waals surface area contributed by atoms with E-state index < -0.39 is 11.0 Å². The number of carbonyl (C=O) groups excluding carboxylic acids is 1. The highest BCUT2D eigenvalue weighted by atomic mass is 16.5. The molecule has 0 radical (unpaired) electrons. The molecular weight excluding hydrogens is 384 g/mol. The van der Waals surface area contributed by atoms with E-state index >= 15 is 0 Å². The number of benzene rings is 3. The monoisotopic (exact) mass is 412 g/mol. The van der Waals surface area contributed by atoms with Crippen LogP contribution in [-0.2, 0) is 23.3 Å². The van der Waals surface area contributed by atoms with E-state index in [1.54, 1.807) is 7.11 Å². The summed E-state index contributed by atoms with van der Waals surface area (Å²) in [5.74, 6) is 0.900. The van der Waals surface area contributed by atoms with E-state index in [4.69, 9.17) is 4.74 Å². The molecule has 1 heterocycles. The van der Waals surface area contributed by atoms with Gasteiger partial charge in [-0.25, -0.2) is 0 Å². The van der Waals surface area contributed by atoms with Crippen LogP contribution in [0.5, 0.6) is 5.75 Å². The minimum atomic E-state index is -0.571. The first-order chi connectivity index (χ1) is 15.2. The van der Waals surface area contributed by atoms with E-state index in [1.165, 1.54) is 11.1 Å². The van der Waals surface area contributed by atoms with Crippen molar-refractivity contribution in [3.63, 3.8) is 0 Å². The first-order valence-electron chi connectivity index (χ1n) is 11.0. The molecule has 158 valence electrons. The summed E-state index contributed by atoms with van der Waals surface area (Å²) >= 11 is 0. The highest BCUT2D eigenvalue weighted by Gasteiger charge is 2.63. The number of hydrogen-bond acceptors (Lipinski definition) is 3.